The van der Waals surface area contributed by atoms with Gasteiger partial charge in [0, 0.05) is 49.6 Å². The fourth-order valence-electron chi connectivity index (χ4n) is 3.35. The van der Waals surface area contributed by atoms with Crippen LogP contribution >= 0.6 is 11.8 Å². The van der Waals surface area contributed by atoms with Crippen LogP contribution in [0.4, 0.5) is 4.79 Å². The lowest BCUT2D eigenvalue weighted by molar-refractivity contribution is -0.131. The molecule has 3 heterocycles. The number of benzene rings is 1. The van der Waals surface area contributed by atoms with E-state index in [1.807, 2.05) is 18.2 Å². The Morgan fingerprint density at radius 1 is 1.19 bits per heavy atom. The lowest BCUT2D eigenvalue weighted by Gasteiger charge is -2.20. The molecule has 2 aromatic heterocycles. The Kier molecular flexibility index (Phi) is 5.77. The molecule has 8 nitrogen and oxygen atoms in total. The number of para-hydroxylation sites is 1. The van der Waals surface area contributed by atoms with E-state index in [0.717, 1.165) is 27.6 Å². The smallest absolute Gasteiger partial charge is 0.293 e. The lowest BCUT2D eigenvalue weighted by atomic mass is 10.1. The minimum atomic E-state index is -0.442. The highest BCUT2D eigenvalue weighted by Crippen LogP contribution is 2.32. The summed E-state index contributed by atoms with van der Waals surface area (Å²) in [6.07, 6.45) is 2.98. The van der Waals surface area contributed by atoms with Gasteiger partial charge in [0.1, 0.15) is 5.76 Å². The molecular formula is C22H19N3O5S. The van der Waals surface area contributed by atoms with Crippen molar-refractivity contribution in [2.45, 2.75) is 13.0 Å². The number of H-pyrrole nitrogens is 1. The van der Waals surface area contributed by atoms with Gasteiger partial charge in [0.05, 0.1) is 11.2 Å². The summed E-state index contributed by atoms with van der Waals surface area (Å²) < 4.78 is 5.18. The van der Waals surface area contributed by atoms with Gasteiger partial charge in [-0.2, -0.15) is 0 Å². The molecule has 0 atom stereocenters. The van der Waals surface area contributed by atoms with Crippen LogP contribution < -0.4 is 5.56 Å². The van der Waals surface area contributed by atoms with E-state index in [1.54, 1.807) is 25.2 Å². The number of hydrogen-bond donors (Lipinski definition) is 1. The fourth-order valence-corrected chi connectivity index (χ4v) is 4.19. The molecular weight excluding hydrogens is 418 g/mol. The number of hydrogen-bond acceptors (Lipinski definition) is 6. The number of fused-ring (bicyclic) bond motifs is 1. The quantitative estimate of drug-likeness (QED) is 0.594. The highest BCUT2D eigenvalue weighted by Gasteiger charge is 2.35. The highest BCUT2D eigenvalue weighted by atomic mass is 32.2. The Morgan fingerprint density at radius 3 is 2.77 bits per heavy atom. The summed E-state index contributed by atoms with van der Waals surface area (Å²) in [6.45, 7) is 0.225. The number of carbonyl (C=O) groups excluding carboxylic acids is 3. The first kappa shape index (κ1) is 20.7. The predicted octanol–water partition coefficient (Wildman–Crippen LogP) is 3.21. The summed E-state index contributed by atoms with van der Waals surface area (Å²) in [6, 6.07) is 12.2. The van der Waals surface area contributed by atoms with Gasteiger partial charge in [-0.3, -0.25) is 24.1 Å². The number of amides is 3. The molecule has 0 saturated carbocycles. The van der Waals surface area contributed by atoms with Crippen LogP contribution in [-0.4, -0.2) is 45.4 Å². The van der Waals surface area contributed by atoms with Crippen molar-refractivity contribution in [2.24, 2.45) is 0 Å². The third kappa shape index (κ3) is 4.46. The number of furan rings is 1. The van der Waals surface area contributed by atoms with Crippen LogP contribution in [0.25, 0.3) is 17.0 Å². The van der Waals surface area contributed by atoms with Gasteiger partial charge in [0.2, 0.25) is 11.5 Å². The van der Waals surface area contributed by atoms with E-state index in [9.17, 15) is 19.2 Å². The Labute approximate surface area is 181 Å². The number of pyridine rings is 1. The van der Waals surface area contributed by atoms with Gasteiger partial charge >= 0.3 is 0 Å². The van der Waals surface area contributed by atoms with Crippen LogP contribution in [0.15, 0.2) is 62.8 Å². The third-order valence-electron chi connectivity index (χ3n) is 4.91. The summed E-state index contributed by atoms with van der Waals surface area (Å²) in [5.74, 6) is -0.202. The van der Waals surface area contributed by atoms with Crippen molar-refractivity contribution in [1.29, 1.82) is 0 Å². The number of aromatic amines is 1. The average molecular weight is 437 g/mol. The molecule has 3 amide bonds. The van der Waals surface area contributed by atoms with Crippen LogP contribution in [0.2, 0.25) is 0 Å². The van der Waals surface area contributed by atoms with Gasteiger partial charge in [-0.15, -0.1) is 0 Å². The lowest BCUT2D eigenvalue weighted by Crippen LogP contribution is -2.34. The van der Waals surface area contributed by atoms with Gasteiger partial charge in [-0.05, 0) is 35.5 Å². The SMILES string of the molecule is CN(Cc1cc(=O)[nH]c2ccccc12)C(=O)CCN1C(=O)S/C(=C\c2ccco2)C1=O. The molecule has 3 aromatic rings. The van der Waals surface area contributed by atoms with E-state index in [2.05, 4.69) is 4.98 Å². The molecule has 4 rings (SSSR count). The van der Waals surface area contributed by atoms with Crippen molar-refractivity contribution in [2.75, 3.05) is 13.6 Å². The van der Waals surface area contributed by atoms with Crippen LogP contribution in [0.1, 0.15) is 17.7 Å². The van der Waals surface area contributed by atoms with Gasteiger partial charge in [0.15, 0.2) is 0 Å². The molecule has 0 spiro atoms. The Hall–Kier alpha value is -3.59. The average Bonchev–Trinajstić information content (AvgIpc) is 3.34. The Morgan fingerprint density at radius 2 is 2.00 bits per heavy atom. The van der Waals surface area contributed by atoms with E-state index in [1.165, 1.54) is 23.3 Å². The van der Waals surface area contributed by atoms with Crippen LogP contribution in [0, 0.1) is 0 Å². The number of aromatic nitrogens is 1. The summed E-state index contributed by atoms with van der Waals surface area (Å²) >= 11 is 0.821. The van der Waals surface area contributed by atoms with Crippen molar-refractivity contribution < 1.29 is 18.8 Å². The van der Waals surface area contributed by atoms with Crippen molar-refractivity contribution >= 4 is 45.8 Å². The molecule has 1 aromatic carbocycles. The molecule has 0 radical (unpaired) electrons. The molecule has 1 N–H and O–H groups in total. The Balaban J connectivity index is 1.41. The maximum Gasteiger partial charge on any atom is 0.293 e. The van der Waals surface area contributed by atoms with Crippen LogP contribution in [-0.2, 0) is 16.1 Å². The molecule has 0 aliphatic carbocycles. The summed E-state index contributed by atoms with van der Waals surface area (Å²) in [5, 5.41) is 0.439. The molecule has 0 bridgehead atoms. The first-order chi connectivity index (χ1) is 14.9. The maximum absolute atomic E-state index is 12.6. The highest BCUT2D eigenvalue weighted by molar-refractivity contribution is 8.18. The predicted molar refractivity (Wildman–Crippen MR) is 117 cm³/mol. The van der Waals surface area contributed by atoms with Crippen molar-refractivity contribution in [1.82, 2.24) is 14.8 Å². The zero-order valence-corrected chi connectivity index (χ0v) is 17.5. The molecule has 9 heteroatoms. The standard InChI is InChI=1S/C22H19N3O5S/c1-24(13-14-11-19(26)23-17-7-3-2-6-16(14)17)20(27)8-9-25-21(28)18(31-22(25)29)12-15-5-4-10-30-15/h2-7,10-12H,8-9,13H2,1H3,(H,23,26)/b18-12-. The van der Waals surface area contributed by atoms with Gasteiger partial charge in [-0.1, -0.05) is 18.2 Å². The number of thioether (sulfide) groups is 1. The van der Waals surface area contributed by atoms with Gasteiger partial charge < -0.3 is 14.3 Å². The molecule has 1 aliphatic heterocycles. The van der Waals surface area contributed by atoms with E-state index < -0.39 is 11.1 Å². The molecule has 158 valence electrons. The zero-order valence-electron chi connectivity index (χ0n) is 16.7. The normalized spacial score (nSPS) is 15.3. The monoisotopic (exact) mass is 437 g/mol. The molecule has 1 fully saturated rings. The summed E-state index contributed by atoms with van der Waals surface area (Å²) in [5.41, 5.74) is 1.19. The summed E-state index contributed by atoms with van der Waals surface area (Å²) in [7, 11) is 1.63. The Bertz CT molecular complexity index is 1250. The minimum Gasteiger partial charge on any atom is -0.465 e. The summed E-state index contributed by atoms with van der Waals surface area (Å²) in [4.78, 5) is 54.9. The van der Waals surface area contributed by atoms with E-state index >= 15 is 0 Å². The second kappa shape index (κ2) is 8.65. The third-order valence-corrected chi connectivity index (χ3v) is 5.82. The van der Waals surface area contributed by atoms with Crippen molar-refractivity contribution in [3.05, 3.63) is 75.3 Å². The van der Waals surface area contributed by atoms with Crippen molar-refractivity contribution in [3.8, 4) is 0 Å². The number of rotatable bonds is 6. The number of carbonyl (C=O) groups is 3. The second-order valence-electron chi connectivity index (χ2n) is 7.05. The van der Waals surface area contributed by atoms with E-state index in [0.29, 0.717) is 11.3 Å². The molecule has 0 unspecified atom stereocenters. The molecule has 31 heavy (non-hydrogen) atoms. The largest absolute Gasteiger partial charge is 0.465 e. The van der Waals surface area contributed by atoms with E-state index in [-0.39, 0.29) is 35.9 Å². The molecule has 1 saturated heterocycles. The van der Waals surface area contributed by atoms with Crippen LogP contribution in [0.5, 0.6) is 0 Å². The van der Waals surface area contributed by atoms with Gasteiger partial charge in [-0.25, -0.2) is 0 Å². The topological polar surface area (TPSA) is 104 Å². The zero-order chi connectivity index (χ0) is 22.0. The van der Waals surface area contributed by atoms with Crippen molar-refractivity contribution in [3.63, 3.8) is 0 Å². The number of nitrogens with one attached hydrogen (secondary N) is 1. The minimum absolute atomic E-state index is 0.0102. The first-order valence-electron chi connectivity index (χ1n) is 9.56. The first-order valence-corrected chi connectivity index (χ1v) is 10.4. The molecule has 1 aliphatic rings. The van der Waals surface area contributed by atoms with Gasteiger partial charge in [0.25, 0.3) is 11.1 Å². The van der Waals surface area contributed by atoms with Crippen LogP contribution in [0.3, 0.4) is 0 Å². The fraction of sp³-hybridized carbons (Fsp3) is 0.182. The number of imide groups is 1. The van der Waals surface area contributed by atoms with E-state index in [4.69, 9.17) is 4.42 Å². The number of nitrogens with zero attached hydrogens (tertiary/aromatic N) is 2. The second-order valence-corrected chi connectivity index (χ2v) is 8.05. The maximum atomic E-state index is 12.6.